The molecule has 0 aliphatic rings. The van der Waals surface area contributed by atoms with E-state index in [1.807, 2.05) is 0 Å². The minimum Gasteiger partial charge on any atom is -0.493 e. The first-order chi connectivity index (χ1) is 16.4. The number of aromatic nitrogens is 1. The van der Waals surface area contributed by atoms with Crippen LogP contribution in [0.25, 0.3) is 0 Å². The third-order valence-corrected chi connectivity index (χ3v) is 5.84. The SMILES string of the molecule is C#Cc1c(C)c(N=Nc2ccccc2C(=O)NCC(CC)CCCC)c(=O)n(CCCO)c1O. The zero-order chi connectivity index (χ0) is 25.1. The van der Waals surface area contributed by atoms with Crippen molar-refractivity contribution in [2.75, 3.05) is 13.2 Å². The number of pyridine rings is 1. The lowest BCUT2D eigenvalue weighted by molar-refractivity contribution is 0.0946. The van der Waals surface area contributed by atoms with Gasteiger partial charge in [-0.05, 0) is 37.8 Å². The average Bonchev–Trinajstić information content (AvgIpc) is 2.84. The molecule has 0 aliphatic carbocycles. The van der Waals surface area contributed by atoms with Gasteiger partial charge in [-0.1, -0.05) is 51.2 Å². The second kappa shape index (κ2) is 13.3. The van der Waals surface area contributed by atoms with Crippen LogP contribution in [-0.4, -0.2) is 33.8 Å². The predicted octanol–water partition coefficient (Wildman–Crippen LogP) is 4.59. The van der Waals surface area contributed by atoms with Gasteiger partial charge in [0.2, 0.25) is 5.88 Å². The van der Waals surface area contributed by atoms with Crippen LogP contribution in [0.1, 0.15) is 67.4 Å². The topological polar surface area (TPSA) is 116 Å². The van der Waals surface area contributed by atoms with E-state index >= 15 is 0 Å². The van der Waals surface area contributed by atoms with Gasteiger partial charge in [-0.3, -0.25) is 14.2 Å². The lowest BCUT2D eigenvalue weighted by Gasteiger charge is -2.15. The summed E-state index contributed by atoms with van der Waals surface area (Å²) in [5, 5.41) is 30.8. The number of terminal acetylenes is 1. The van der Waals surface area contributed by atoms with Crippen molar-refractivity contribution in [3.63, 3.8) is 0 Å². The number of aliphatic hydroxyl groups excluding tert-OH is 1. The van der Waals surface area contributed by atoms with E-state index in [0.717, 1.165) is 30.3 Å². The van der Waals surface area contributed by atoms with Gasteiger partial charge in [0.15, 0.2) is 5.69 Å². The molecule has 1 atom stereocenters. The van der Waals surface area contributed by atoms with Gasteiger partial charge in [0, 0.05) is 25.3 Å². The number of hydrogen-bond acceptors (Lipinski definition) is 6. The third kappa shape index (κ3) is 6.55. The molecule has 1 aromatic heterocycles. The number of aromatic hydroxyl groups is 1. The minimum atomic E-state index is -0.574. The van der Waals surface area contributed by atoms with Crippen LogP contribution >= 0.6 is 0 Å². The number of benzene rings is 1. The summed E-state index contributed by atoms with van der Waals surface area (Å²) in [5.74, 6) is 2.20. The maximum atomic E-state index is 12.9. The summed E-state index contributed by atoms with van der Waals surface area (Å²) in [5.41, 5.74) is 0.524. The van der Waals surface area contributed by atoms with Crippen molar-refractivity contribution in [2.24, 2.45) is 16.1 Å². The van der Waals surface area contributed by atoms with E-state index in [1.165, 1.54) is 0 Å². The molecule has 0 aliphatic heterocycles. The molecular formula is C26H34N4O4. The number of rotatable bonds is 12. The molecule has 1 unspecified atom stereocenters. The van der Waals surface area contributed by atoms with Crippen LogP contribution in [0.5, 0.6) is 5.88 Å². The first-order valence-corrected chi connectivity index (χ1v) is 11.7. The molecule has 0 saturated heterocycles. The third-order valence-electron chi connectivity index (χ3n) is 5.84. The van der Waals surface area contributed by atoms with E-state index in [2.05, 4.69) is 35.3 Å². The van der Waals surface area contributed by atoms with Crippen molar-refractivity contribution in [3.8, 4) is 18.2 Å². The van der Waals surface area contributed by atoms with Crippen LogP contribution in [0, 0.1) is 25.2 Å². The lowest BCUT2D eigenvalue weighted by Crippen LogP contribution is -2.29. The Balaban J connectivity index is 2.36. The number of carbonyl (C=O) groups is 1. The Morgan fingerprint density at radius 2 is 1.97 bits per heavy atom. The molecule has 0 spiro atoms. The molecular weight excluding hydrogens is 432 g/mol. The van der Waals surface area contributed by atoms with Crippen molar-refractivity contribution >= 4 is 17.3 Å². The molecule has 3 N–H and O–H groups in total. The molecule has 0 bridgehead atoms. The standard InChI is InChI=1S/C26H34N4O4/c1-5-8-12-19(6-2)17-27-24(32)21-13-9-10-14-22(21)28-29-23-18(4)20(7-3)25(33)30(26(23)34)15-11-16-31/h3,9-10,13-14,19,31,33H,5-6,8,11-12,15-17H2,1-2,4H3,(H,27,32). The zero-order valence-corrected chi connectivity index (χ0v) is 20.2. The van der Waals surface area contributed by atoms with Gasteiger partial charge in [0.25, 0.3) is 11.5 Å². The summed E-state index contributed by atoms with van der Waals surface area (Å²) in [6.45, 7) is 6.36. The Morgan fingerprint density at radius 1 is 1.24 bits per heavy atom. The number of nitrogens with zero attached hydrogens (tertiary/aromatic N) is 3. The molecule has 0 fully saturated rings. The lowest BCUT2D eigenvalue weighted by atomic mass is 9.99. The quantitative estimate of drug-likeness (QED) is 0.313. The van der Waals surface area contributed by atoms with Gasteiger partial charge >= 0.3 is 0 Å². The van der Waals surface area contributed by atoms with Crippen molar-refractivity contribution in [1.29, 1.82) is 0 Å². The molecule has 2 aromatic rings. The van der Waals surface area contributed by atoms with Gasteiger partial charge in [-0.15, -0.1) is 16.7 Å². The van der Waals surface area contributed by atoms with Gasteiger partial charge in [0.1, 0.15) is 0 Å². The molecule has 1 heterocycles. The number of azo groups is 1. The minimum absolute atomic E-state index is 0.0236. The number of unbranched alkanes of at least 4 members (excludes halogenated alkanes) is 1. The maximum absolute atomic E-state index is 12.9. The molecule has 1 amide bonds. The Hall–Kier alpha value is -3.44. The fourth-order valence-electron chi connectivity index (χ4n) is 3.66. The molecule has 0 radical (unpaired) electrons. The Labute approximate surface area is 200 Å². The largest absolute Gasteiger partial charge is 0.493 e. The molecule has 8 nitrogen and oxygen atoms in total. The predicted molar refractivity (Wildman–Crippen MR) is 133 cm³/mol. The molecule has 1 aromatic carbocycles. The van der Waals surface area contributed by atoms with Crippen LogP contribution in [0.2, 0.25) is 0 Å². The molecule has 2 rings (SSSR count). The monoisotopic (exact) mass is 466 g/mol. The number of hydrogen-bond donors (Lipinski definition) is 3. The number of aliphatic hydroxyl groups is 1. The van der Waals surface area contributed by atoms with Crippen LogP contribution < -0.4 is 10.9 Å². The van der Waals surface area contributed by atoms with E-state index in [0.29, 0.717) is 29.3 Å². The van der Waals surface area contributed by atoms with E-state index < -0.39 is 5.56 Å². The highest BCUT2D eigenvalue weighted by molar-refractivity contribution is 5.98. The fraction of sp³-hybridized carbons (Fsp3) is 0.462. The summed E-state index contributed by atoms with van der Waals surface area (Å²) in [6, 6.07) is 6.78. The highest BCUT2D eigenvalue weighted by Gasteiger charge is 2.18. The summed E-state index contributed by atoms with van der Waals surface area (Å²) in [7, 11) is 0. The number of amides is 1. The van der Waals surface area contributed by atoms with Crippen molar-refractivity contribution in [2.45, 2.75) is 59.4 Å². The Bertz CT molecular complexity index is 1120. The first-order valence-electron chi connectivity index (χ1n) is 11.7. The second-order valence-electron chi connectivity index (χ2n) is 8.19. The maximum Gasteiger partial charge on any atom is 0.281 e. The molecule has 8 heteroatoms. The van der Waals surface area contributed by atoms with Crippen LogP contribution in [0.4, 0.5) is 11.4 Å². The molecule has 182 valence electrons. The normalized spacial score (nSPS) is 12.0. The van der Waals surface area contributed by atoms with E-state index in [9.17, 15) is 14.7 Å². The first kappa shape index (κ1) is 26.8. The van der Waals surface area contributed by atoms with Gasteiger partial charge in [-0.25, -0.2) is 0 Å². The zero-order valence-electron chi connectivity index (χ0n) is 20.2. The number of carbonyl (C=O) groups excluding carboxylic acids is 1. The van der Waals surface area contributed by atoms with E-state index in [1.54, 1.807) is 31.2 Å². The summed E-state index contributed by atoms with van der Waals surface area (Å²) < 4.78 is 1.08. The van der Waals surface area contributed by atoms with Crippen LogP contribution in [0.3, 0.4) is 0 Å². The smallest absolute Gasteiger partial charge is 0.281 e. The molecule has 0 saturated carbocycles. The summed E-state index contributed by atoms with van der Waals surface area (Å²) >= 11 is 0. The Morgan fingerprint density at radius 3 is 2.62 bits per heavy atom. The summed E-state index contributed by atoms with van der Waals surface area (Å²) in [4.78, 5) is 25.8. The van der Waals surface area contributed by atoms with Crippen molar-refractivity contribution in [1.82, 2.24) is 9.88 Å². The highest BCUT2D eigenvalue weighted by Crippen LogP contribution is 2.28. The van der Waals surface area contributed by atoms with E-state index in [4.69, 9.17) is 11.5 Å². The number of nitrogens with one attached hydrogen (secondary N) is 1. The van der Waals surface area contributed by atoms with E-state index in [-0.39, 0.29) is 42.6 Å². The Kier molecular flexibility index (Phi) is 10.5. The van der Waals surface area contributed by atoms with Gasteiger partial charge in [0.05, 0.1) is 16.8 Å². The van der Waals surface area contributed by atoms with Crippen LogP contribution in [0.15, 0.2) is 39.3 Å². The van der Waals surface area contributed by atoms with Crippen molar-refractivity contribution < 1.29 is 15.0 Å². The fourth-order valence-corrected chi connectivity index (χ4v) is 3.66. The highest BCUT2D eigenvalue weighted by atomic mass is 16.3. The van der Waals surface area contributed by atoms with Crippen LogP contribution in [-0.2, 0) is 6.54 Å². The average molecular weight is 467 g/mol. The molecule has 34 heavy (non-hydrogen) atoms. The summed E-state index contributed by atoms with van der Waals surface area (Å²) in [6.07, 6.45) is 10.1. The van der Waals surface area contributed by atoms with Crippen molar-refractivity contribution in [3.05, 3.63) is 51.3 Å². The second-order valence-corrected chi connectivity index (χ2v) is 8.19. The van der Waals surface area contributed by atoms with Gasteiger partial charge < -0.3 is 15.5 Å². The van der Waals surface area contributed by atoms with Gasteiger partial charge in [-0.2, -0.15) is 0 Å².